The second kappa shape index (κ2) is 7.48. The molecule has 1 rings (SSSR count). The number of ketones is 1. The van der Waals surface area contributed by atoms with Crippen LogP contribution in [0.5, 0.6) is 0 Å². The van der Waals surface area contributed by atoms with E-state index in [1.165, 1.54) is 6.42 Å². The van der Waals surface area contributed by atoms with Gasteiger partial charge in [0.1, 0.15) is 5.78 Å². The molecular weight excluding hydrogens is 233 g/mol. The Morgan fingerprint density at radius 1 is 1.20 bits per heavy atom. The molecule has 88 valence electrons. The topological polar surface area (TPSA) is 20.3 Å². The van der Waals surface area contributed by atoms with Crippen molar-refractivity contribution in [1.82, 2.24) is 4.90 Å². The van der Waals surface area contributed by atoms with Crippen molar-refractivity contribution in [2.24, 2.45) is 5.92 Å². The monoisotopic (exact) mass is 251 g/mol. The molecule has 0 aromatic rings. The summed E-state index contributed by atoms with van der Waals surface area (Å²) in [5.74, 6) is 1.87. The van der Waals surface area contributed by atoms with Crippen LogP contribution in [0, 0.1) is 5.92 Å². The average Bonchev–Trinajstić information content (AvgIpc) is 2.22. The van der Waals surface area contributed by atoms with Crippen molar-refractivity contribution >= 4 is 29.0 Å². The van der Waals surface area contributed by atoms with Crippen molar-refractivity contribution in [2.75, 3.05) is 31.4 Å². The molecule has 0 radical (unpaired) electrons. The molecule has 2 nitrogen and oxygen atoms in total. The summed E-state index contributed by atoms with van der Waals surface area (Å²) in [7, 11) is 0. The van der Waals surface area contributed by atoms with Gasteiger partial charge in [0.05, 0.1) is 0 Å². The third-order valence-electron chi connectivity index (χ3n) is 2.96. The Bertz CT molecular complexity index is 193. The van der Waals surface area contributed by atoms with Crippen molar-refractivity contribution < 1.29 is 4.79 Å². The van der Waals surface area contributed by atoms with Crippen molar-refractivity contribution in [3.63, 3.8) is 0 Å². The molecule has 1 aliphatic rings. The summed E-state index contributed by atoms with van der Waals surface area (Å²) < 4.78 is 0. The Labute approximate surface area is 102 Å². The van der Waals surface area contributed by atoms with Gasteiger partial charge in [-0.3, -0.25) is 4.79 Å². The highest BCUT2D eigenvalue weighted by Gasteiger charge is 2.23. The van der Waals surface area contributed by atoms with Gasteiger partial charge in [-0.1, -0.05) is 6.42 Å². The summed E-state index contributed by atoms with van der Waals surface area (Å²) in [6.45, 7) is 2.51. The van der Waals surface area contributed by atoms with Crippen LogP contribution in [0.15, 0.2) is 0 Å². The molecule has 0 heterocycles. The van der Waals surface area contributed by atoms with Gasteiger partial charge in [-0.25, -0.2) is 0 Å². The maximum Gasteiger partial charge on any atom is 0.137 e. The van der Waals surface area contributed by atoms with E-state index in [9.17, 15) is 4.79 Å². The number of Topliss-reactive ketones (excluding diaryl/α,β-unsaturated/α-hetero) is 1. The van der Waals surface area contributed by atoms with E-state index in [1.54, 1.807) is 0 Å². The van der Waals surface area contributed by atoms with E-state index >= 15 is 0 Å². The summed E-state index contributed by atoms with van der Waals surface area (Å²) in [4.78, 5) is 13.8. The number of hydrogen-bond acceptors (Lipinski definition) is 2. The standard InChI is InChI=1S/C11H19Cl2NO/c12-5-7-14(8-6-13)9-10-3-1-2-4-11(10)15/h10H,1-9H2/t10-/m0/s1. The fourth-order valence-electron chi connectivity index (χ4n) is 2.09. The second-order valence-corrected chi connectivity index (χ2v) is 4.84. The van der Waals surface area contributed by atoms with Gasteiger partial charge in [0, 0.05) is 43.7 Å². The Morgan fingerprint density at radius 2 is 1.87 bits per heavy atom. The normalized spacial score (nSPS) is 22.3. The third kappa shape index (κ3) is 4.71. The number of carbonyl (C=O) groups excluding carboxylic acids is 1. The quantitative estimate of drug-likeness (QED) is 0.677. The summed E-state index contributed by atoms with van der Waals surface area (Å²) in [5.41, 5.74) is 0. The molecule has 0 aromatic carbocycles. The fourth-order valence-corrected chi connectivity index (χ4v) is 2.57. The van der Waals surface area contributed by atoms with E-state index in [0.29, 0.717) is 17.5 Å². The Hall–Kier alpha value is 0.210. The number of hydrogen-bond donors (Lipinski definition) is 0. The zero-order valence-electron chi connectivity index (χ0n) is 9.05. The van der Waals surface area contributed by atoms with Crippen LogP contribution in [0.3, 0.4) is 0 Å². The van der Waals surface area contributed by atoms with Gasteiger partial charge in [-0.05, 0) is 12.8 Å². The summed E-state index contributed by atoms with van der Waals surface area (Å²) in [5, 5.41) is 0. The van der Waals surface area contributed by atoms with Gasteiger partial charge in [0.25, 0.3) is 0 Å². The molecule has 0 unspecified atom stereocenters. The van der Waals surface area contributed by atoms with Gasteiger partial charge in [-0.2, -0.15) is 0 Å². The first kappa shape index (κ1) is 13.3. The molecule has 1 saturated carbocycles. The lowest BCUT2D eigenvalue weighted by Gasteiger charge is -2.27. The lowest BCUT2D eigenvalue weighted by Crippen LogP contribution is -2.37. The number of rotatable bonds is 6. The molecule has 0 spiro atoms. The van der Waals surface area contributed by atoms with Crippen LogP contribution in [0.1, 0.15) is 25.7 Å². The lowest BCUT2D eigenvalue weighted by molar-refractivity contribution is -0.125. The van der Waals surface area contributed by atoms with E-state index in [0.717, 1.165) is 38.9 Å². The van der Waals surface area contributed by atoms with Gasteiger partial charge in [0.2, 0.25) is 0 Å². The molecule has 4 heteroatoms. The minimum absolute atomic E-state index is 0.227. The minimum atomic E-state index is 0.227. The zero-order chi connectivity index (χ0) is 11.1. The smallest absolute Gasteiger partial charge is 0.137 e. The predicted octanol–water partition coefficient (Wildman–Crippen LogP) is 2.53. The Morgan fingerprint density at radius 3 is 2.40 bits per heavy atom. The maximum atomic E-state index is 11.6. The van der Waals surface area contributed by atoms with E-state index in [1.807, 2.05) is 0 Å². The first-order valence-electron chi connectivity index (χ1n) is 5.65. The molecule has 0 N–H and O–H groups in total. The Balaban J connectivity index is 2.37. The highest BCUT2D eigenvalue weighted by Crippen LogP contribution is 2.21. The molecule has 1 aliphatic carbocycles. The summed E-state index contributed by atoms with van der Waals surface area (Å²) in [6, 6.07) is 0. The predicted molar refractivity (Wildman–Crippen MR) is 64.8 cm³/mol. The van der Waals surface area contributed by atoms with Crippen LogP contribution in [0.4, 0.5) is 0 Å². The van der Waals surface area contributed by atoms with Crippen molar-refractivity contribution in [2.45, 2.75) is 25.7 Å². The molecule has 0 amide bonds. The first-order chi connectivity index (χ1) is 7.27. The van der Waals surface area contributed by atoms with Crippen molar-refractivity contribution in [3.05, 3.63) is 0 Å². The molecule has 0 saturated heterocycles. The van der Waals surface area contributed by atoms with Crippen molar-refractivity contribution in [1.29, 1.82) is 0 Å². The molecule has 0 bridgehead atoms. The van der Waals surface area contributed by atoms with Crippen LogP contribution >= 0.6 is 23.2 Å². The highest BCUT2D eigenvalue weighted by molar-refractivity contribution is 6.18. The van der Waals surface area contributed by atoms with Crippen LogP contribution in [-0.4, -0.2) is 42.1 Å². The zero-order valence-corrected chi connectivity index (χ0v) is 10.6. The number of nitrogens with zero attached hydrogens (tertiary/aromatic N) is 1. The number of halogens is 2. The van der Waals surface area contributed by atoms with Gasteiger partial charge in [0.15, 0.2) is 0 Å². The lowest BCUT2D eigenvalue weighted by atomic mass is 9.87. The minimum Gasteiger partial charge on any atom is -0.300 e. The van der Waals surface area contributed by atoms with Crippen LogP contribution in [0.25, 0.3) is 0 Å². The third-order valence-corrected chi connectivity index (χ3v) is 3.30. The second-order valence-electron chi connectivity index (χ2n) is 4.09. The summed E-state index contributed by atoms with van der Waals surface area (Å²) in [6.07, 6.45) is 4.06. The highest BCUT2D eigenvalue weighted by atomic mass is 35.5. The van der Waals surface area contributed by atoms with E-state index in [2.05, 4.69) is 4.90 Å². The average molecular weight is 252 g/mol. The molecule has 1 fully saturated rings. The van der Waals surface area contributed by atoms with E-state index in [-0.39, 0.29) is 5.92 Å². The largest absolute Gasteiger partial charge is 0.300 e. The van der Waals surface area contributed by atoms with E-state index in [4.69, 9.17) is 23.2 Å². The van der Waals surface area contributed by atoms with Gasteiger partial charge >= 0.3 is 0 Å². The molecule has 0 aromatic heterocycles. The maximum absolute atomic E-state index is 11.6. The fraction of sp³-hybridized carbons (Fsp3) is 0.909. The molecule has 1 atom stereocenters. The summed E-state index contributed by atoms with van der Waals surface area (Å²) >= 11 is 11.4. The van der Waals surface area contributed by atoms with Gasteiger partial charge in [-0.15, -0.1) is 23.2 Å². The first-order valence-corrected chi connectivity index (χ1v) is 6.72. The van der Waals surface area contributed by atoms with E-state index < -0.39 is 0 Å². The van der Waals surface area contributed by atoms with Gasteiger partial charge < -0.3 is 4.90 Å². The van der Waals surface area contributed by atoms with Crippen LogP contribution in [0.2, 0.25) is 0 Å². The molecule has 0 aliphatic heterocycles. The molecular formula is C11H19Cl2NO. The van der Waals surface area contributed by atoms with Crippen molar-refractivity contribution in [3.8, 4) is 0 Å². The molecule has 15 heavy (non-hydrogen) atoms. The SMILES string of the molecule is O=C1CCCC[C@H]1CN(CCCl)CCCl. The Kier molecular flexibility index (Phi) is 6.62. The number of alkyl halides is 2. The van der Waals surface area contributed by atoms with Crippen LogP contribution < -0.4 is 0 Å². The number of carbonyl (C=O) groups is 1. The van der Waals surface area contributed by atoms with Crippen LogP contribution in [-0.2, 0) is 4.79 Å².